The lowest BCUT2D eigenvalue weighted by Crippen LogP contribution is -2.44. The molecule has 0 aromatic heterocycles. The zero-order valence-electron chi connectivity index (χ0n) is 11.3. The van der Waals surface area contributed by atoms with Crippen molar-refractivity contribution in [3.05, 3.63) is 0 Å². The maximum Gasteiger partial charge on any atom is 0.225 e. The van der Waals surface area contributed by atoms with E-state index in [0.717, 1.165) is 25.8 Å². The second kappa shape index (κ2) is 6.97. The van der Waals surface area contributed by atoms with Crippen LogP contribution in [0.2, 0.25) is 0 Å². The van der Waals surface area contributed by atoms with Crippen molar-refractivity contribution in [1.29, 1.82) is 0 Å². The highest BCUT2D eigenvalue weighted by Gasteiger charge is 2.31. The number of nitrogens with two attached hydrogens (primary N) is 1. The van der Waals surface area contributed by atoms with E-state index in [1.165, 1.54) is 0 Å². The molecular weight excluding hydrogens is 216 g/mol. The lowest BCUT2D eigenvalue weighted by molar-refractivity contribution is -0.137. The number of carbonyl (C=O) groups is 1. The molecule has 3 atom stereocenters. The minimum Gasteiger partial charge on any atom is -0.383 e. The first-order chi connectivity index (χ1) is 8.10. The molecule has 1 amide bonds. The molecule has 1 aliphatic carbocycles. The summed E-state index contributed by atoms with van der Waals surface area (Å²) in [6.07, 6.45) is 2.89. The van der Waals surface area contributed by atoms with Gasteiger partial charge in [0.15, 0.2) is 0 Å². The van der Waals surface area contributed by atoms with Gasteiger partial charge in [0.05, 0.1) is 6.61 Å². The Hall–Kier alpha value is -0.610. The Morgan fingerprint density at radius 3 is 2.71 bits per heavy atom. The summed E-state index contributed by atoms with van der Waals surface area (Å²) in [5.41, 5.74) is 6.05. The molecule has 0 bridgehead atoms. The van der Waals surface area contributed by atoms with Crippen LogP contribution in [0.5, 0.6) is 0 Å². The maximum absolute atomic E-state index is 12.3. The van der Waals surface area contributed by atoms with Gasteiger partial charge in [0.25, 0.3) is 0 Å². The Morgan fingerprint density at radius 2 is 2.18 bits per heavy atom. The van der Waals surface area contributed by atoms with Crippen LogP contribution in [0, 0.1) is 11.8 Å². The van der Waals surface area contributed by atoms with Crippen LogP contribution in [0.15, 0.2) is 0 Å². The van der Waals surface area contributed by atoms with Crippen molar-refractivity contribution >= 4 is 5.91 Å². The monoisotopic (exact) mass is 242 g/mol. The summed E-state index contributed by atoms with van der Waals surface area (Å²) in [7, 11) is 1.66. The van der Waals surface area contributed by atoms with E-state index in [-0.39, 0.29) is 17.9 Å². The van der Waals surface area contributed by atoms with Gasteiger partial charge in [-0.15, -0.1) is 0 Å². The Morgan fingerprint density at radius 1 is 1.47 bits per heavy atom. The molecule has 2 N–H and O–H groups in total. The minimum atomic E-state index is 0.123. The van der Waals surface area contributed by atoms with Gasteiger partial charge in [0, 0.05) is 32.2 Å². The topological polar surface area (TPSA) is 55.6 Å². The largest absolute Gasteiger partial charge is 0.383 e. The fourth-order valence-corrected chi connectivity index (χ4v) is 2.46. The van der Waals surface area contributed by atoms with Gasteiger partial charge in [0.1, 0.15) is 0 Å². The zero-order valence-corrected chi connectivity index (χ0v) is 11.3. The summed E-state index contributed by atoms with van der Waals surface area (Å²) in [6.45, 7) is 6.23. The van der Waals surface area contributed by atoms with Gasteiger partial charge in [-0.1, -0.05) is 6.92 Å². The first-order valence-electron chi connectivity index (χ1n) is 6.63. The zero-order chi connectivity index (χ0) is 12.8. The van der Waals surface area contributed by atoms with E-state index in [4.69, 9.17) is 10.5 Å². The van der Waals surface area contributed by atoms with E-state index < -0.39 is 0 Å². The highest BCUT2D eigenvalue weighted by atomic mass is 16.5. The number of hydrogen-bond acceptors (Lipinski definition) is 3. The van der Waals surface area contributed by atoms with Gasteiger partial charge in [0.2, 0.25) is 5.91 Å². The van der Waals surface area contributed by atoms with Crippen molar-refractivity contribution < 1.29 is 9.53 Å². The molecule has 100 valence electrons. The quantitative estimate of drug-likeness (QED) is 0.789. The fraction of sp³-hybridized carbons (Fsp3) is 0.923. The van der Waals surface area contributed by atoms with Crippen molar-refractivity contribution in [2.24, 2.45) is 17.6 Å². The molecule has 0 aromatic rings. The molecule has 0 aliphatic heterocycles. The Labute approximate surface area is 104 Å². The van der Waals surface area contributed by atoms with Gasteiger partial charge in [-0.3, -0.25) is 4.79 Å². The van der Waals surface area contributed by atoms with E-state index in [2.05, 4.69) is 6.92 Å². The molecule has 0 aromatic carbocycles. The van der Waals surface area contributed by atoms with Gasteiger partial charge in [-0.2, -0.15) is 0 Å². The number of carbonyl (C=O) groups excluding carboxylic acids is 1. The highest BCUT2D eigenvalue weighted by molar-refractivity contribution is 5.79. The molecule has 4 nitrogen and oxygen atoms in total. The number of ether oxygens (including phenoxy) is 1. The Bertz CT molecular complexity index is 246. The van der Waals surface area contributed by atoms with E-state index in [0.29, 0.717) is 19.1 Å². The number of likely N-dealkylation sites (N-methyl/N-ethyl adjacent to an activating group) is 1. The van der Waals surface area contributed by atoms with Crippen LogP contribution in [0.3, 0.4) is 0 Å². The van der Waals surface area contributed by atoms with Crippen LogP contribution in [0.4, 0.5) is 0 Å². The van der Waals surface area contributed by atoms with Gasteiger partial charge < -0.3 is 15.4 Å². The third-order valence-corrected chi connectivity index (χ3v) is 3.87. The van der Waals surface area contributed by atoms with Gasteiger partial charge in [-0.05, 0) is 32.1 Å². The van der Waals surface area contributed by atoms with Gasteiger partial charge >= 0.3 is 0 Å². The van der Waals surface area contributed by atoms with E-state index in [9.17, 15) is 4.79 Å². The lowest BCUT2D eigenvalue weighted by atomic mass is 9.79. The summed E-state index contributed by atoms with van der Waals surface area (Å²) in [4.78, 5) is 14.2. The first-order valence-corrected chi connectivity index (χ1v) is 6.63. The molecule has 1 aliphatic rings. The first kappa shape index (κ1) is 14.5. The molecule has 0 spiro atoms. The van der Waals surface area contributed by atoms with Crippen molar-refractivity contribution in [3.63, 3.8) is 0 Å². The van der Waals surface area contributed by atoms with E-state index >= 15 is 0 Å². The molecule has 0 saturated heterocycles. The number of rotatable bonds is 5. The molecular formula is C13H26N2O2. The maximum atomic E-state index is 12.3. The van der Waals surface area contributed by atoms with Crippen LogP contribution < -0.4 is 5.73 Å². The van der Waals surface area contributed by atoms with Crippen molar-refractivity contribution in [2.45, 2.75) is 39.2 Å². The Kier molecular flexibility index (Phi) is 5.92. The van der Waals surface area contributed by atoms with Crippen LogP contribution in [0.25, 0.3) is 0 Å². The molecule has 17 heavy (non-hydrogen) atoms. The minimum absolute atomic E-state index is 0.123. The molecule has 4 heteroatoms. The van der Waals surface area contributed by atoms with Crippen LogP contribution in [-0.4, -0.2) is 43.7 Å². The number of amides is 1. The van der Waals surface area contributed by atoms with Crippen molar-refractivity contribution in [1.82, 2.24) is 4.90 Å². The average molecular weight is 242 g/mol. The summed E-state index contributed by atoms with van der Waals surface area (Å²) in [5.74, 6) is 0.929. The third kappa shape index (κ3) is 3.96. The lowest BCUT2D eigenvalue weighted by Gasteiger charge is -2.34. The number of nitrogens with zero attached hydrogens (tertiary/aromatic N) is 1. The average Bonchev–Trinajstić information content (AvgIpc) is 2.33. The Balaban J connectivity index is 2.50. The second-order valence-electron chi connectivity index (χ2n) is 5.06. The third-order valence-electron chi connectivity index (χ3n) is 3.87. The fourth-order valence-electron chi connectivity index (χ4n) is 2.46. The number of hydrogen-bond donors (Lipinski definition) is 1. The molecule has 3 unspecified atom stereocenters. The summed E-state index contributed by atoms with van der Waals surface area (Å²) < 4.78 is 5.03. The smallest absolute Gasteiger partial charge is 0.225 e. The van der Waals surface area contributed by atoms with E-state index in [1.807, 2.05) is 11.8 Å². The van der Waals surface area contributed by atoms with Crippen molar-refractivity contribution in [3.8, 4) is 0 Å². The summed E-state index contributed by atoms with van der Waals surface area (Å²) in [5, 5.41) is 0. The summed E-state index contributed by atoms with van der Waals surface area (Å²) in [6, 6.07) is 0.179. The van der Waals surface area contributed by atoms with Crippen LogP contribution in [-0.2, 0) is 9.53 Å². The second-order valence-corrected chi connectivity index (χ2v) is 5.06. The SMILES string of the molecule is CCN(CCOC)C(=O)C1CCC(C)C(N)C1. The van der Waals surface area contributed by atoms with E-state index in [1.54, 1.807) is 7.11 Å². The summed E-state index contributed by atoms with van der Waals surface area (Å²) >= 11 is 0. The predicted octanol–water partition coefficient (Wildman–Crippen LogP) is 1.24. The molecule has 1 saturated carbocycles. The number of methoxy groups -OCH3 is 1. The predicted molar refractivity (Wildman–Crippen MR) is 68.6 cm³/mol. The normalized spacial score (nSPS) is 29.1. The highest BCUT2D eigenvalue weighted by Crippen LogP contribution is 2.28. The molecule has 1 rings (SSSR count). The standard InChI is InChI=1S/C13H26N2O2/c1-4-15(7-8-17-3)13(16)11-6-5-10(2)12(14)9-11/h10-12H,4-9,14H2,1-3H3. The van der Waals surface area contributed by atoms with Crippen molar-refractivity contribution in [2.75, 3.05) is 26.8 Å². The van der Waals surface area contributed by atoms with Gasteiger partial charge in [-0.25, -0.2) is 0 Å². The molecule has 0 radical (unpaired) electrons. The molecule has 1 fully saturated rings. The van der Waals surface area contributed by atoms with Crippen LogP contribution >= 0.6 is 0 Å². The molecule has 0 heterocycles. The van der Waals surface area contributed by atoms with Crippen LogP contribution in [0.1, 0.15) is 33.1 Å².